The van der Waals surface area contributed by atoms with Crippen molar-refractivity contribution in [2.45, 2.75) is 0 Å². The Morgan fingerprint density at radius 2 is 1.84 bits per heavy atom. The second-order valence-corrected chi connectivity index (χ2v) is 7.04. The molecule has 0 saturated carbocycles. The zero-order valence-corrected chi connectivity index (χ0v) is 17.3. The van der Waals surface area contributed by atoms with E-state index in [0.29, 0.717) is 10.0 Å². The molecule has 2 N–H and O–H groups in total. The summed E-state index contributed by atoms with van der Waals surface area (Å²) >= 11 is 3.22. The van der Waals surface area contributed by atoms with Gasteiger partial charge in [-0.1, -0.05) is 28.1 Å². The molecule has 3 aromatic carbocycles. The number of rotatable bonds is 6. The minimum atomic E-state index is -0.678. The van der Waals surface area contributed by atoms with E-state index < -0.39 is 16.8 Å². The van der Waals surface area contributed by atoms with E-state index in [9.17, 15) is 24.8 Å². The second kappa shape index (κ2) is 9.63. The molecule has 0 aliphatic heterocycles. The largest absolute Gasteiger partial charge is 0.507 e. The Hall–Kier alpha value is -4.05. The molecule has 31 heavy (non-hydrogen) atoms. The number of phenols is 1. The fourth-order valence-electron chi connectivity index (χ4n) is 2.46. The third-order valence-corrected chi connectivity index (χ3v) is 4.46. The minimum absolute atomic E-state index is 0.0531. The molecule has 0 heterocycles. The molecule has 0 bridgehead atoms. The Bertz CT molecular complexity index is 1180. The first-order chi connectivity index (χ1) is 14.8. The van der Waals surface area contributed by atoms with Crippen molar-refractivity contribution in [1.29, 1.82) is 0 Å². The van der Waals surface area contributed by atoms with Crippen molar-refractivity contribution in [3.63, 3.8) is 0 Å². The molecule has 3 rings (SSSR count). The van der Waals surface area contributed by atoms with Crippen LogP contribution in [0, 0.1) is 10.1 Å². The Balaban J connectivity index is 1.64. The molecule has 0 aliphatic rings. The lowest BCUT2D eigenvalue weighted by Crippen LogP contribution is -2.17. The van der Waals surface area contributed by atoms with Crippen molar-refractivity contribution in [2.24, 2.45) is 5.10 Å². The van der Waals surface area contributed by atoms with Crippen molar-refractivity contribution in [2.75, 3.05) is 0 Å². The first-order valence-electron chi connectivity index (χ1n) is 8.72. The van der Waals surface area contributed by atoms with Crippen LogP contribution in [-0.2, 0) is 0 Å². The van der Waals surface area contributed by atoms with Crippen molar-refractivity contribution in [3.05, 3.63) is 98.0 Å². The van der Waals surface area contributed by atoms with Crippen molar-refractivity contribution in [1.82, 2.24) is 5.43 Å². The molecule has 0 unspecified atom stereocenters. The number of amides is 1. The number of nitro groups is 1. The highest BCUT2D eigenvalue weighted by Gasteiger charge is 2.12. The van der Waals surface area contributed by atoms with Crippen LogP contribution in [0.3, 0.4) is 0 Å². The van der Waals surface area contributed by atoms with Gasteiger partial charge in [0.15, 0.2) is 0 Å². The van der Waals surface area contributed by atoms with Crippen LogP contribution >= 0.6 is 15.9 Å². The topological polar surface area (TPSA) is 131 Å². The molecule has 0 radical (unpaired) electrons. The van der Waals surface area contributed by atoms with E-state index in [4.69, 9.17) is 4.74 Å². The van der Waals surface area contributed by atoms with Gasteiger partial charge in [-0.05, 0) is 48.0 Å². The lowest BCUT2D eigenvalue weighted by Gasteiger charge is -2.05. The number of halogens is 1. The van der Waals surface area contributed by atoms with Gasteiger partial charge in [-0.15, -0.1) is 0 Å². The second-order valence-electron chi connectivity index (χ2n) is 6.13. The fourth-order valence-corrected chi connectivity index (χ4v) is 2.82. The van der Waals surface area contributed by atoms with Crippen molar-refractivity contribution >= 4 is 39.7 Å². The molecule has 1 amide bonds. The number of carbonyl (C=O) groups excluding carboxylic acids is 2. The number of hydrogen-bond acceptors (Lipinski definition) is 7. The van der Waals surface area contributed by atoms with Crippen molar-refractivity contribution in [3.8, 4) is 11.5 Å². The van der Waals surface area contributed by atoms with Crippen LogP contribution < -0.4 is 10.2 Å². The number of non-ortho nitro benzene ring substituents is 1. The maximum absolute atomic E-state index is 12.2. The molecular formula is C21H14BrN3O6. The lowest BCUT2D eigenvalue weighted by atomic mass is 10.2. The maximum Gasteiger partial charge on any atom is 0.343 e. The minimum Gasteiger partial charge on any atom is -0.507 e. The molecule has 9 nitrogen and oxygen atoms in total. The summed E-state index contributed by atoms with van der Waals surface area (Å²) in [7, 11) is 0. The normalized spacial score (nSPS) is 10.6. The number of hydrogen-bond donors (Lipinski definition) is 2. The molecule has 10 heteroatoms. The maximum atomic E-state index is 12.2. The number of esters is 1. The highest BCUT2D eigenvalue weighted by molar-refractivity contribution is 9.10. The monoisotopic (exact) mass is 483 g/mol. The third kappa shape index (κ3) is 5.73. The van der Waals surface area contributed by atoms with Crippen LogP contribution in [0.25, 0.3) is 0 Å². The van der Waals surface area contributed by atoms with Gasteiger partial charge in [-0.25, -0.2) is 10.2 Å². The molecule has 0 aliphatic carbocycles. The summed E-state index contributed by atoms with van der Waals surface area (Å²) in [6, 6.07) is 15.8. The zero-order valence-electron chi connectivity index (χ0n) is 15.7. The molecule has 0 spiro atoms. The van der Waals surface area contributed by atoms with Crippen LogP contribution in [0.1, 0.15) is 26.3 Å². The van der Waals surface area contributed by atoms with Gasteiger partial charge in [-0.2, -0.15) is 5.10 Å². The molecule has 0 saturated heterocycles. The number of carbonyl (C=O) groups is 2. The number of hydrazone groups is 1. The predicted octanol–water partition coefficient (Wildman–Crippen LogP) is 4.05. The van der Waals surface area contributed by atoms with Gasteiger partial charge in [-0.3, -0.25) is 14.9 Å². The van der Waals surface area contributed by atoms with E-state index >= 15 is 0 Å². The summed E-state index contributed by atoms with van der Waals surface area (Å²) in [5.41, 5.74) is 2.92. The van der Waals surface area contributed by atoms with Gasteiger partial charge in [0.25, 0.3) is 11.6 Å². The highest BCUT2D eigenvalue weighted by atomic mass is 79.9. The molecule has 0 aromatic heterocycles. The first kappa shape index (κ1) is 21.7. The molecule has 0 atom stereocenters. The van der Waals surface area contributed by atoms with E-state index in [-0.39, 0.29) is 28.3 Å². The highest BCUT2D eigenvalue weighted by Crippen LogP contribution is 2.21. The van der Waals surface area contributed by atoms with E-state index in [1.54, 1.807) is 24.3 Å². The zero-order chi connectivity index (χ0) is 22.4. The van der Waals surface area contributed by atoms with E-state index in [1.807, 2.05) is 0 Å². The van der Waals surface area contributed by atoms with E-state index in [2.05, 4.69) is 26.5 Å². The number of nitro benzene ring substituents is 1. The average molecular weight is 484 g/mol. The Morgan fingerprint density at radius 3 is 2.55 bits per heavy atom. The predicted molar refractivity (Wildman–Crippen MR) is 115 cm³/mol. The van der Waals surface area contributed by atoms with Gasteiger partial charge in [0.1, 0.15) is 11.5 Å². The summed E-state index contributed by atoms with van der Waals surface area (Å²) in [5.74, 6) is -1.24. The number of ether oxygens (including phenoxy) is 1. The summed E-state index contributed by atoms with van der Waals surface area (Å²) in [6.07, 6.45) is 1.34. The summed E-state index contributed by atoms with van der Waals surface area (Å²) in [4.78, 5) is 34.5. The standard InChI is InChI=1S/C21H14BrN3O6/c22-15-6-9-19(26)18(11-15)20(27)24-23-12-13-2-1-3-17(10-13)31-21(28)14-4-7-16(8-5-14)25(29)30/h1-12,26H,(H,24,27)/b23-12+. The summed E-state index contributed by atoms with van der Waals surface area (Å²) < 4.78 is 5.90. The van der Waals surface area contributed by atoms with Crippen LogP contribution in [-0.4, -0.2) is 28.1 Å². The molecular weight excluding hydrogens is 470 g/mol. The Morgan fingerprint density at radius 1 is 1.10 bits per heavy atom. The molecule has 156 valence electrons. The van der Waals surface area contributed by atoms with Gasteiger partial charge < -0.3 is 9.84 Å². The number of benzene rings is 3. The van der Waals surface area contributed by atoms with Crippen LogP contribution in [0.5, 0.6) is 11.5 Å². The molecule has 3 aromatic rings. The number of nitrogens with zero attached hydrogens (tertiary/aromatic N) is 2. The molecule has 0 fully saturated rings. The smallest absolute Gasteiger partial charge is 0.343 e. The Kier molecular flexibility index (Phi) is 6.73. The lowest BCUT2D eigenvalue weighted by molar-refractivity contribution is -0.384. The number of phenolic OH excluding ortho intramolecular Hbond substituents is 1. The van der Waals surface area contributed by atoms with Gasteiger partial charge in [0, 0.05) is 16.6 Å². The van der Waals surface area contributed by atoms with E-state index in [1.165, 1.54) is 48.7 Å². The quantitative estimate of drug-likeness (QED) is 0.179. The SMILES string of the molecule is O=C(Oc1cccc(/C=N/NC(=O)c2cc(Br)ccc2O)c1)c1ccc([N+](=O)[O-])cc1. The van der Waals surface area contributed by atoms with Crippen molar-refractivity contribution < 1.29 is 24.4 Å². The van der Waals surface area contributed by atoms with Gasteiger partial charge in [0.2, 0.25) is 0 Å². The van der Waals surface area contributed by atoms with Crippen LogP contribution in [0.4, 0.5) is 5.69 Å². The Labute approximate surface area is 184 Å². The van der Waals surface area contributed by atoms with E-state index in [0.717, 1.165) is 0 Å². The summed E-state index contributed by atoms with van der Waals surface area (Å²) in [6.45, 7) is 0. The van der Waals surface area contributed by atoms with Crippen LogP contribution in [0.15, 0.2) is 76.3 Å². The van der Waals surface area contributed by atoms with Gasteiger partial charge in [0.05, 0.1) is 22.3 Å². The fraction of sp³-hybridized carbons (Fsp3) is 0. The summed E-state index contributed by atoms with van der Waals surface area (Å²) in [5, 5.41) is 24.3. The number of nitrogens with one attached hydrogen (secondary N) is 1. The van der Waals surface area contributed by atoms with Crippen LogP contribution in [0.2, 0.25) is 0 Å². The van der Waals surface area contributed by atoms with Gasteiger partial charge >= 0.3 is 5.97 Å². The number of aromatic hydroxyl groups is 1. The third-order valence-electron chi connectivity index (χ3n) is 3.97. The first-order valence-corrected chi connectivity index (χ1v) is 9.51. The average Bonchev–Trinajstić information content (AvgIpc) is 2.75.